The molecule has 0 aliphatic rings. The Bertz CT molecular complexity index is 385. The van der Waals surface area contributed by atoms with E-state index in [9.17, 15) is 9.90 Å². The molecule has 0 atom stereocenters. The van der Waals surface area contributed by atoms with Crippen LogP contribution in [0.1, 0.15) is 12.5 Å². The Morgan fingerprint density at radius 1 is 1.60 bits per heavy atom. The van der Waals surface area contributed by atoms with Crippen molar-refractivity contribution in [1.82, 2.24) is 0 Å². The van der Waals surface area contributed by atoms with Crippen molar-refractivity contribution in [3.8, 4) is 5.75 Å². The second kappa shape index (κ2) is 5.05. The number of aromatic hydroxyl groups is 1. The highest BCUT2D eigenvalue weighted by atomic mass is 16.5. The lowest BCUT2D eigenvalue weighted by Crippen LogP contribution is -1.98. The van der Waals surface area contributed by atoms with E-state index in [0.717, 1.165) is 0 Å². The molecule has 4 heteroatoms. The van der Waals surface area contributed by atoms with E-state index < -0.39 is 5.97 Å². The number of ether oxygens (including phenoxy) is 1. The van der Waals surface area contributed by atoms with E-state index >= 15 is 0 Å². The summed E-state index contributed by atoms with van der Waals surface area (Å²) in [6.07, 6.45) is 2.85. The van der Waals surface area contributed by atoms with Gasteiger partial charge in [0, 0.05) is 6.08 Å². The minimum Gasteiger partial charge on any atom is -0.506 e. The lowest BCUT2D eigenvalue weighted by molar-refractivity contribution is -0.137. The SMILES string of the molecule is CCOC(=O)C=Cc1ccc(N)c(O)c1. The summed E-state index contributed by atoms with van der Waals surface area (Å²) in [6.45, 7) is 2.08. The zero-order valence-corrected chi connectivity index (χ0v) is 8.43. The Hall–Kier alpha value is -1.97. The van der Waals surface area contributed by atoms with Crippen LogP contribution < -0.4 is 5.73 Å². The maximum absolute atomic E-state index is 11.0. The first-order valence-corrected chi connectivity index (χ1v) is 4.57. The number of hydrogen-bond acceptors (Lipinski definition) is 4. The van der Waals surface area contributed by atoms with Gasteiger partial charge in [0.15, 0.2) is 0 Å². The van der Waals surface area contributed by atoms with Crippen LogP contribution in [-0.2, 0) is 9.53 Å². The number of hydrogen-bond donors (Lipinski definition) is 2. The molecule has 0 aliphatic carbocycles. The van der Waals surface area contributed by atoms with Crippen molar-refractivity contribution in [3.05, 3.63) is 29.8 Å². The van der Waals surface area contributed by atoms with Gasteiger partial charge in [0.1, 0.15) is 5.75 Å². The third kappa shape index (κ3) is 3.34. The van der Waals surface area contributed by atoms with Crippen LogP contribution in [0.2, 0.25) is 0 Å². The van der Waals surface area contributed by atoms with Gasteiger partial charge >= 0.3 is 5.97 Å². The number of benzene rings is 1. The van der Waals surface area contributed by atoms with Crippen molar-refractivity contribution < 1.29 is 14.6 Å². The number of nitrogens with two attached hydrogens (primary N) is 1. The van der Waals surface area contributed by atoms with Crippen LogP contribution in [-0.4, -0.2) is 17.7 Å². The van der Waals surface area contributed by atoms with Crippen molar-refractivity contribution in [3.63, 3.8) is 0 Å². The van der Waals surface area contributed by atoms with Gasteiger partial charge in [0.05, 0.1) is 12.3 Å². The molecule has 0 saturated carbocycles. The normalized spacial score (nSPS) is 10.5. The summed E-state index contributed by atoms with van der Waals surface area (Å²) in [5.41, 5.74) is 6.42. The third-order valence-corrected chi connectivity index (χ3v) is 1.75. The maximum Gasteiger partial charge on any atom is 0.330 e. The zero-order chi connectivity index (χ0) is 11.3. The number of phenols is 1. The van der Waals surface area contributed by atoms with Gasteiger partial charge in [-0.3, -0.25) is 0 Å². The van der Waals surface area contributed by atoms with Gasteiger partial charge in [0.2, 0.25) is 0 Å². The van der Waals surface area contributed by atoms with Crippen LogP contribution in [0.3, 0.4) is 0 Å². The first kappa shape index (κ1) is 11.1. The van der Waals surface area contributed by atoms with Gasteiger partial charge in [0.25, 0.3) is 0 Å². The van der Waals surface area contributed by atoms with Gasteiger partial charge in [-0.1, -0.05) is 6.07 Å². The predicted octanol–water partition coefficient (Wildman–Crippen LogP) is 1.55. The van der Waals surface area contributed by atoms with Crippen LogP contribution in [0.4, 0.5) is 5.69 Å². The minimum atomic E-state index is -0.409. The number of anilines is 1. The average molecular weight is 207 g/mol. The summed E-state index contributed by atoms with van der Waals surface area (Å²) in [6, 6.07) is 4.75. The minimum absolute atomic E-state index is 0.000934. The first-order chi connectivity index (χ1) is 7.13. The van der Waals surface area contributed by atoms with E-state index in [4.69, 9.17) is 10.5 Å². The third-order valence-electron chi connectivity index (χ3n) is 1.75. The van der Waals surface area contributed by atoms with Crippen LogP contribution in [0.5, 0.6) is 5.75 Å². The van der Waals surface area contributed by atoms with Crippen LogP contribution in [0.25, 0.3) is 6.08 Å². The molecule has 3 N–H and O–H groups in total. The van der Waals surface area contributed by atoms with E-state index in [-0.39, 0.29) is 5.75 Å². The summed E-state index contributed by atoms with van der Waals surface area (Å²) in [7, 11) is 0. The molecule has 0 saturated heterocycles. The summed E-state index contributed by atoms with van der Waals surface area (Å²) in [5.74, 6) is -0.408. The fraction of sp³-hybridized carbons (Fsp3) is 0.182. The van der Waals surface area contributed by atoms with Gasteiger partial charge in [-0.15, -0.1) is 0 Å². The molecule has 0 spiro atoms. The molecule has 80 valence electrons. The standard InChI is InChI=1S/C11H13NO3/c1-2-15-11(14)6-4-8-3-5-9(12)10(13)7-8/h3-7,13H,2,12H2,1H3. The molecule has 0 heterocycles. The molecule has 0 fully saturated rings. The number of nitrogen functional groups attached to an aromatic ring is 1. The zero-order valence-electron chi connectivity index (χ0n) is 8.43. The van der Waals surface area contributed by atoms with Gasteiger partial charge < -0.3 is 15.6 Å². The lowest BCUT2D eigenvalue weighted by atomic mass is 10.2. The molecule has 1 rings (SSSR count). The Balaban J connectivity index is 2.72. The van der Waals surface area contributed by atoms with Crippen molar-refractivity contribution in [2.75, 3.05) is 12.3 Å². The fourth-order valence-corrected chi connectivity index (χ4v) is 1.02. The highest BCUT2D eigenvalue weighted by Gasteiger charge is 1.97. The Morgan fingerprint density at radius 2 is 2.33 bits per heavy atom. The van der Waals surface area contributed by atoms with Gasteiger partial charge in [-0.05, 0) is 30.7 Å². The summed E-state index contributed by atoms with van der Waals surface area (Å²) in [5, 5.41) is 9.29. The second-order valence-electron chi connectivity index (χ2n) is 2.90. The molecular formula is C11H13NO3. The van der Waals surface area contributed by atoms with Crippen molar-refractivity contribution in [2.45, 2.75) is 6.92 Å². The molecule has 0 aliphatic heterocycles. The summed E-state index contributed by atoms with van der Waals surface area (Å²) >= 11 is 0. The van der Waals surface area contributed by atoms with Crippen molar-refractivity contribution in [1.29, 1.82) is 0 Å². The molecule has 15 heavy (non-hydrogen) atoms. The van der Waals surface area contributed by atoms with Crippen LogP contribution >= 0.6 is 0 Å². The van der Waals surface area contributed by atoms with E-state index in [1.165, 1.54) is 12.1 Å². The predicted molar refractivity (Wildman–Crippen MR) is 58.2 cm³/mol. The van der Waals surface area contributed by atoms with Gasteiger partial charge in [-0.25, -0.2) is 4.79 Å². The molecule has 0 bridgehead atoms. The number of phenolic OH excluding ortho intramolecular Hbond substituents is 1. The number of rotatable bonds is 3. The fourth-order valence-electron chi connectivity index (χ4n) is 1.02. The van der Waals surface area contributed by atoms with Crippen molar-refractivity contribution in [2.24, 2.45) is 0 Å². The quantitative estimate of drug-likeness (QED) is 0.341. The first-order valence-electron chi connectivity index (χ1n) is 4.57. The van der Waals surface area contributed by atoms with Gasteiger partial charge in [-0.2, -0.15) is 0 Å². The molecule has 0 amide bonds. The van der Waals surface area contributed by atoms with E-state index in [0.29, 0.717) is 17.9 Å². The van der Waals surface area contributed by atoms with Crippen molar-refractivity contribution >= 4 is 17.7 Å². The lowest BCUT2D eigenvalue weighted by Gasteiger charge is -1.99. The molecule has 1 aromatic rings. The molecule has 0 aromatic heterocycles. The Labute approximate surface area is 88.0 Å². The second-order valence-corrected chi connectivity index (χ2v) is 2.90. The Kier molecular flexibility index (Phi) is 3.74. The maximum atomic E-state index is 11.0. The number of carbonyl (C=O) groups is 1. The molecular weight excluding hydrogens is 194 g/mol. The van der Waals surface area contributed by atoms with E-state index in [1.54, 1.807) is 25.1 Å². The smallest absolute Gasteiger partial charge is 0.330 e. The Morgan fingerprint density at radius 3 is 2.93 bits per heavy atom. The average Bonchev–Trinajstić information content (AvgIpc) is 2.20. The summed E-state index contributed by atoms with van der Waals surface area (Å²) < 4.78 is 4.70. The largest absolute Gasteiger partial charge is 0.506 e. The monoisotopic (exact) mass is 207 g/mol. The summed E-state index contributed by atoms with van der Waals surface area (Å²) in [4.78, 5) is 11.0. The molecule has 4 nitrogen and oxygen atoms in total. The topological polar surface area (TPSA) is 72.5 Å². The van der Waals surface area contributed by atoms with E-state index in [2.05, 4.69) is 0 Å². The number of esters is 1. The van der Waals surface area contributed by atoms with E-state index in [1.807, 2.05) is 0 Å². The highest BCUT2D eigenvalue weighted by Crippen LogP contribution is 2.21. The molecule has 0 unspecified atom stereocenters. The number of carbonyl (C=O) groups excluding carboxylic acids is 1. The van der Waals surface area contributed by atoms with Crippen LogP contribution in [0.15, 0.2) is 24.3 Å². The highest BCUT2D eigenvalue weighted by molar-refractivity contribution is 5.87. The molecule has 1 aromatic carbocycles. The van der Waals surface area contributed by atoms with Crippen LogP contribution in [0, 0.1) is 0 Å². The molecule has 0 radical (unpaired) electrons.